The van der Waals surface area contributed by atoms with Crippen molar-refractivity contribution in [3.63, 3.8) is 0 Å². The van der Waals surface area contributed by atoms with Crippen molar-refractivity contribution in [2.75, 3.05) is 12.4 Å². The molecule has 1 N–H and O–H groups in total. The summed E-state index contributed by atoms with van der Waals surface area (Å²) in [7, 11) is 1.56. The Morgan fingerprint density at radius 2 is 2.33 bits per heavy atom. The molecule has 0 aliphatic rings. The second-order valence-corrected chi connectivity index (χ2v) is 5.27. The Morgan fingerprint density at radius 1 is 1.50 bits per heavy atom. The number of hydrogen-bond donors (Lipinski definition) is 1. The second kappa shape index (κ2) is 6.02. The number of nitrogens with zero attached hydrogens (tertiary/aromatic N) is 2. The van der Waals surface area contributed by atoms with Gasteiger partial charge in [-0.15, -0.1) is 11.3 Å². The van der Waals surface area contributed by atoms with Gasteiger partial charge in [0.2, 0.25) is 0 Å². The van der Waals surface area contributed by atoms with Crippen LogP contribution in [0.25, 0.3) is 0 Å². The van der Waals surface area contributed by atoms with Crippen LogP contribution in [0.15, 0.2) is 23.8 Å². The Hall–Kier alpha value is -1.33. The van der Waals surface area contributed by atoms with Gasteiger partial charge in [0.25, 0.3) is 0 Å². The van der Waals surface area contributed by atoms with E-state index in [1.165, 1.54) is 11.2 Å². The largest absolute Gasteiger partial charge is 0.490 e. The van der Waals surface area contributed by atoms with E-state index in [4.69, 9.17) is 16.3 Å². The van der Waals surface area contributed by atoms with Gasteiger partial charge in [-0.2, -0.15) is 0 Å². The zero-order chi connectivity index (χ0) is 13.0. The van der Waals surface area contributed by atoms with Gasteiger partial charge < -0.3 is 10.1 Å². The van der Waals surface area contributed by atoms with Crippen LogP contribution in [0.2, 0.25) is 5.15 Å². The van der Waals surface area contributed by atoms with Crippen molar-refractivity contribution in [2.45, 2.75) is 19.4 Å². The lowest BCUT2D eigenvalue weighted by Crippen LogP contribution is -2.19. The smallest absolute Gasteiger partial charge is 0.198 e. The third-order valence-electron chi connectivity index (χ3n) is 2.44. The first-order chi connectivity index (χ1) is 8.70. The van der Waals surface area contributed by atoms with Gasteiger partial charge in [0.05, 0.1) is 7.11 Å². The molecule has 2 heterocycles. The van der Waals surface area contributed by atoms with E-state index in [1.807, 2.05) is 0 Å². The maximum atomic E-state index is 5.94. The Morgan fingerprint density at radius 3 is 3.00 bits per heavy atom. The summed E-state index contributed by atoms with van der Waals surface area (Å²) in [4.78, 5) is 9.36. The first-order valence-corrected chi connectivity index (χ1v) is 6.80. The number of nitrogens with one attached hydrogen (secondary N) is 1. The minimum Gasteiger partial charge on any atom is -0.490 e. The van der Waals surface area contributed by atoms with Gasteiger partial charge >= 0.3 is 0 Å². The van der Waals surface area contributed by atoms with Crippen molar-refractivity contribution >= 4 is 28.8 Å². The summed E-state index contributed by atoms with van der Waals surface area (Å²) < 4.78 is 5.20. The van der Waals surface area contributed by atoms with Crippen molar-refractivity contribution < 1.29 is 4.74 Å². The van der Waals surface area contributed by atoms with E-state index < -0.39 is 0 Å². The lowest BCUT2D eigenvalue weighted by Gasteiger charge is -2.16. The Labute approximate surface area is 115 Å². The summed E-state index contributed by atoms with van der Waals surface area (Å²) >= 11 is 7.69. The maximum Gasteiger partial charge on any atom is 0.198 e. The quantitative estimate of drug-likeness (QED) is 0.856. The van der Waals surface area contributed by atoms with Crippen LogP contribution in [-0.4, -0.2) is 23.1 Å². The summed E-state index contributed by atoms with van der Waals surface area (Å²) in [6, 6.07) is 4.41. The molecule has 0 bridgehead atoms. The molecule has 6 heteroatoms. The standard InChI is InChI=1S/C12H14ClN3OS/c1-8(6-9-4-3-5-18-9)16-12-10(17-2)11(13)14-7-15-12/h3-5,7-8H,6H2,1-2H3,(H,14,15,16). The highest BCUT2D eigenvalue weighted by molar-refractivity contribution is 7.09. The van der Waals surface area contributed by atoms with Gasteiger partial charge in [-0.3, -0.25) is 0 Å². The van der Waals surface area contributed by atoms with Crippen molar-refractivity contribution in [1.82, 2.24) is 9.97 Å². The molecule has 0 spiro atoms. The van der Waals surface area contributed by atoms with Crippen LogP contribution < -0.4 is 10.1 Å². The number of rotatable bonds is 5. The molecule has 18 heavy (non-hydrogen) atoms. The average molecular weight is 284 g/mol. The van der Waals surface area contributed by atoms with E-state index in [0.29, 0.717) is 16.7 Å². The van der Waals surface area contributed by atoms with Crippen LogP contribution >= 0.6 is 22.9 Å². The number of anilines is 1. The molecule has 2 aromatic rings. The summed E-state index contributed by atoms with van der Waals surface area (Å²) in [6.07, 6.45) is 2.35. The lowest BCUT2D eigenvalue weighted by atomic mass is 10.2. The molecule has 0 aliphatic heterocycles. The first-order valence-electron chi connectivity index (χ1n) is 5.54. The molecule has 0 aliphatic carbocycles. The second-order valence-electron chi connectivity index (χ2n) is 3.88. The zero-order valence-electron chi connectivity index (χ0n) is 10.2. The fraction of sp³-hybridized carbons (Fsp3) is 0.333. The Bertz CT molecular complexity index is 504. The molecule has 0 radical (unpaired) electrons. The van der Waals surface area contributed by atoms with Crippen LogP contribution in [0.3, 0.4) is 0 Å². The minimum atomic E-state index is 0.239. The van der Waals surface area contributed by atoms with Gasteiger partial charge in [-0.1, -0.05) is 17.7 Å². The van der Waals surface area contributed by atoms with Gasteiger partial charge in [-0.25, -0.2) is 9.97 Å². The topological polar surface area (TPSA) is 47.0 Å². The van der Waals surface area contributed by atoms with Gasteiger partial charge in [0, 0.05) is 17.3 Å². The predicted octanol–water partition coefficient (Wildman–Crippen LogP) is 3.24. The molecule has 1 atom stereocenters. The molecule has 0 fully saturated rings. The highest BCUT2D eigenvalue weighted by Gasteiger charge is 2.13. The third-order valence-corrected chi connectivity index (χ3v) is 3.60. The van der Waals surface area contributed by atoms with Gasteiger partial charge in [0.15, 0.2) is 16.7 Å². The predicted molar refractivity (Wildman–Crippen MR) is 74.7 cm³/mol. The fourth-order valence-corrected chi connectivity index (χ4v) is 2.70. The fourth-order valence-electron chi connectivity index (χ4n) is 1.65. The Kier molecular flexibility index (Phi) is 4.38. The van der Waals surface area contributed by atoms with E-state index >= 15 is 0 Å². The number of thiophene rings is 1. The summed E-state index contributed by atoms with van der Waals surface area (Å²) in [6.45, 7) is 2.09. The number of methoxy groups -OCH3 is 1. The normalized spacial score (nSPS) is 12.2. The van der Waals surface area contributed by atoms with E-state index in [-0.39, 0.29) is 6.04 Å². The number of hydrogen-bond acceptors (Lipinski definition) is 5. The highest BCUT2D eigenvalue weighted by Crippen LogP contribution is 2.29. The molecule has 0 saturated carbocycles. The molecular weight excluding hydrogens is 270 g/mol. The van der Waals surface area contributed by atoms with Crippen molar-refractivity contribution in [3.8, 4) is 5.75 Å². The van der Waals surface area contributed by atoms with E-state index in [9.17, 15) is 0 Å². The zero-order valence-corrected chi connectivity index (χ0v) is 11.8. The van der Waals surface area contributed by atoms with Crippen molar-refractivity contribution in [1.29, 1.82) is 0 Å². The summed E-state index contributed by atoms with van der Waals surface area (Å²) in [5, 5.41) is 5.68. The molecule has 0 aromatic carbocycles. The summed E-state index contributed by atoms with van der Waals surface area (Å²) in [5.74, 6) is 1.11. The first kappa shape index (κ1) is 13.1. The van der Waals surface area contributed by atoms with Crippen LogP contribution in [-0.2, 0) is 6.42 Å². The molecular formula is C12H14ClN3OS. The third kappa shape index (κ3) is 3.11. The van der Waals surface area contributed by atoms with E-state index in [0.717, 1.165) is 6.42 Å². The van der Waals surface area contributed by atoms with Crippen LogP contribution in [0, 0.1) is 0 Å². The van der Waals surface area contributed by atoms with E-state index in [1.54, 1.807) is 18.4 Å². The monoisotopic (exact) mass is 283 g/mol. The molecule has 0 amide bonds. The van der Waals surface area contributed by atoms with Crippen LogP contribution in [0.5, 0.6) is 5.75 Å². The Balaban J connectivity index is 2.07. The lowest BCUT2D eigenvalue weighted by molar-refractivity contribution is 0.412. The highest BCUT2D eigenvalue weighted by atomic mass is 35.5. The van der Waals surface area contributed by atoms with Crippen molar-refractivity contribution in [3.05, 3.63) is 33.9 Å². The van der Waals surface area contributed by atoms with Gasteiger partial charge in [-0.05, 0) is 18.4 Å². The average Bonchev–Trinajstić information content (AvgIpc) is 2.82. The van der Waals surface area contributed by atoms with Gasteiger partial charge in [0.1, 0.15) is 6.33 Å². The maximum absolute atomic E-state index is 5.94. The summed E-state index contributed by atoms with van der Waals surface area (Å²) in [5.41, 5.74) is 0. The molecule has 1 unspecified atom stereocenters. The van der Waals surface area contributed by atoms with Crippen molar-refractivity contribution in [2.24, 2.45) is 0 Å². The molecule has 4 nitrogen and oxygen atoms in total. The van der Waals surface area contributed by atoms with Crippen LogP contribution in [0.4, 0.5) is 5.82 Å². The number of halogens is 1. The molecule has 2 rings (SSSR count). The SMILES string of the molecule is COc1c(Cl)ncnc1NC(C)Cc1cccs1. The number of aromatic nitrogens is 2. The van der Waals surface area contributed by atoms with E-state index in [2.05, 4.69) is 39.7 Å². The van der Waals surface area contributed by atoms with Crippen LogP contribution in [0.1, 0.15) is 11.8 Å². The minimum absolute atomic E-state index is 0.239. The molecule has 0 saturated heterocycles. The molecule has 2 aromatic heterocycles. The number of ether oxygens (including phenoxy) is 1. The molecule has 96 valence electrons.